The van der Waals surface area contributed by atoms with Gasteiger partial charge in [-0.15, -0.1) is 5.10 Å². The summed E-state index contributed by atoms with van der Waals surface area (Å²) in [7, 11) is 0. The van der Waals surface area contributed by atoms with Gasteiger partial charge in [-0.2, -0.15) is 0 Å². The molecule has 3 nitrogen and oxygen atoms in total. The lowest BCUT2D eigenvalue weighted by molar-refractivity contribution is 0.385. The summed E-state index contributed by atoms with van der Waals surface area (Å²) in [5.74, 6) is 0.635. The van der Waals surface area contributed by atoms with E-state index in [0.29, 0.717) is 11.5 Å². The molecule has 5 rings (SSSR count). The lowest BCUT2D eigenvalue weighted by Gasteiger charge is -2.10. The lowest BCUT2D eigenvalue weighted by Crippen LogP contribution is -1.96. The van der Waals surface area contributed by atoms with Gasteiger partial charge in [0.05, 0.1) is 0 Å². The molecular weight excluding hydrogens is 404 g/mol. The smallest absolute Gasteiger partial charge is 0.195 e. The molecule has 4 aromatic carbocycles. The Labute approximate surface area is 193 Å². The van der Waals surface area contributed by atoms with E-state index < -0.39 is 0 Å². The molecule has 0 aliphatic heterocycles. The van der Waals surface area contributed by atoms with E-state index in [9.17, 15) is 0 Å². The van der Waals surface area contributed by atoms with Crippen LogP contribution in [0.4, 0.5) is 0 Å². The fourth-order valence-corrected chi connectivity index (χ4v) is 3.78. The van der Waals surface area contributed by atoms with E-state index in [1.165, 1.54) is 0 Å². The van der Waals surface area contributed by atoms with Crippen LogP contribution in [0.5, 0.6) is 0 Å². The second-order valence-corrected chi connectivity index (χ2v) is 7.62. The Hall–Kier alpha value is -4.50. The van der Waals surface area contributed by atoms with E-state index in [4.69, 9.17) is 4.52 Å². The van der Waals surface area contributed by atoms with Crippen LogP contribution in [0.15, 0.2) is 126 Å². The normalized spacial score (nSPS) is 12.0. The predicted molar refractivity (Wildman–Crippen MR) is 134 cm³/mol. The van der Waals surface area contributed by atoms with E-state index >= 15 is 0 Å². The molecule has 0 amide bonds. The number of aromatic nitrogens is 2. The highest BCUT2D eigenvalue weighted by atomic mass is 16.5. The molecule has 0 fully saturated rings. The maximum Gasteiger partial charge on any atom is 0.195 e. The maximum atomic E-state index is 5.82. The van der Waals surface area contributed by atoms with Crippen molar-refractivity contribution in [3.8, 4) is 0 Å². The van der Waals surface area contributed by atoms with Gasteiger partial charge < -0.3 is 4.52 Å². The Morgan fingerprint density at radius 1 is 0.515 bits per heavy atom. The minimum Gasteiger partial charge on any atom is -0.336 e. The molecular formula is C30H22N2O. The average Bonchev–Trinajstić information content (AvgIpc) is 3.37. The van der Waals surface area contributed by atoms with Crippen LogP contribution in [0, 0.1) is 0 Å². The highest BCUT2D eigenvalue weighted by Gasteiger charge is 2.21. The minimum atomic E-state index is 0.635. The van der Waals surface area contributed by atoms with Crippen molar-refractivity contribution in [1.29, 1.82) is 0 Å². The first-order valence-corrected chi connectivity index (χ1v) is 10.9. The van der Waals surface area contributed by atoms with Gasteiger partial charge in [-0.3, -0.25) is 0 Å². The third-order valence-corrected chi connectivity index (χ3v) is 5.38. The zero-order chi connectivity index (χ0) is 22.3. The van der Waals surface area contributed by atoms with Crippen LogP contribution in [0.25, 0.3) is 23.3 Å². The molecule has 0 N–H and O–H groups in total. The molecule has 0 saturated heterocycles. The monoisotopic (exact) mass is 426 g/mol. The predicted octanol–water partition coefficient (Wildman–Crippen LogP) is 7.25. The number of benzene rings is 4. The van der Waals surface area contributed by atoms with Crippen LogP contribution >= 0.6 is 0 Å². The molecule has 1 heterocycles. The number of nitrogens with zero attached hydrogens (tertiary/aromatic N) is 2. The first-order valence-electron chi connectivity index (χ1n) is 10.9. The van der Waals surface area contributed by atoms with Crippen molar-refractivity contribution < 1.29 is 4.52 Å². The van der Waals surface area contributed by atoms with Crippen LogP contribution in [0.1, 0.15) is 33.7 Å². The van der Waals surface area contributed by atoms with Crippen LogP contribution in [-0.2, 0) is 0 Å². The van der Waals surface area contributed by atoms with Gasteiger partial charge in [0.25, 0.3) is 0 Å². The Bertz CT molecular complexity index is 1260. The van der Waals surface area contributed by atoms with Crippen molar-refractivity contribution >= 4 is 23.3 Å². The topological polar surface area (TPSA) is 38.9 Å². The Morgan fingerprint density at radius 2 is 0.939 bits per heavy atom. The molecule has 0 unspecified atom stereocenters. The molecule has 0 aliphatic carbocycles. The largest absolute Gasteiger partial charge is 0.336 e. The highest BCUT2D eigenvalue weighted by molar-refractivity contribution is 5.98. The van der Waals surface area contributed by atoms with E-state index in [-0.39, 0.29) is 0 Å². The maximum absolute atomic E-state index is 5.82. The van der Waals surface area contributed by atoms with Gasteiger partial charge in [-0.25, -0.2) is 0 Å². The summed E-state index contributed by atoms with van der Waals surface area (Å²) in [6.07, 6.45) is 4.25. The Kier molecular flexibility index (Phi) is 6.03. The fraction of sp³-hybridized carbons (Fsp3) is 0. The summed E-state index contributed by atoms with van der Waals surface area (Å²) in [4.78, 5) is 0. The molecule has 0 bridgehead atoms. The van der Waals surface area contributed by atoms with E-state index in [2.05, 4.69) is 71.1 Å². The van der Waals surface area contributed by atoms with Crippen LogP contribution in [-0.4, -0.2) is 10.4 Å². The van der Waals surface area contributed by atoms with E-state index in [1.54, 1.807) is 0 Å². The van der Waals surface area contributed by atoms with Crippen LogP contribution < -0.4 is 0 Å². The lowest BCUT2D eigenvalue weighted by atomic mass is 9.93. The first-order chi connectivity index (χ1) is 16.4. The third kappa shape index (κ3) is 4.73. The van der Waals surface area contributed by atoms with Crippen molar-refractivity contribution in [2.75, 3.05) is 0 Å². The SMILES string of the molecule is C(=C(c1ccccc1)c1nnoc1C(=Cc1ccccc1)c1ccccc1)c1ccccc1. The molecule has 0 radical (unpaired) electrons. The molecule has 1 aromatic heterocycles. The van der Waals surface area contributed by atoms with Gasteiger partial charge in [-0.1, -0.05) is 121 Å². The summed E-state index contributed by atoms with van der Waals surface area (Å²) in [5.41, 5.74) is 6.82. The molecule has 0 atom stereocenters. The van der Waals surface area contributed by atoms with Gasteiger partial charge in [0.2, 0.25) is 0 Å². The zero-order valence-electron chi connectivity index (χ0n) is 18.0. The molecule has 33 heavy (non-hydrogen) atoms. The number of hydrogen-bond acceptors (Lipinski definition) is 3. The van der Waals surface area contributed by atoms with Gasteiger partial charge >= 0.3 is 0 Å². The Balaban J connectivity index is 1.71. The van der Waals surface area contributed by atoms with Gasteiger partial charge in [0, 0.05) is 16.4 Å². The van der Waals surface area contributed by atoms with E-state index in [0.717, 1.165) is 33.4 Å². The summed E-state index contributed by atoms with van der Waals surface area (Å²) in [6.45, 7) is 0. The van der Waals surface area contributed by atoms with Crippen molar-refractivity contribution in [1.82, 2.24) is 10.4 Å². The minimum absolute atomic E-state index is 0.635. The summed E-state index contributed by atoms with van der Waals surface area (Å²) in [5, 5.41) is 8.44. The van der Waals surface area contributed by atoms with Gasteiger partial charge in [0.1, 0.15) is 5.69 Å². The van der Waals surface area contributed by atoms with Crippen molar-refractivity contribution in [2.45, 2.75) is 0 Å². The molecule has 0 spiro atoms. The molecule has 158 valence electrons. The van der Waals surface area contributed by atoms with E-state index in [1.807, 2.05) is 72.8 Å². The summed E-state index contributed by atoms with van der Waals surface area (Å²) in [6, 6.07) is 40.9. The quantitative estimate of drug-likeness (QED) is 0.269. The zero-order valence-corrected chi connectivity index (χ0v) is 18.0. The first kappa shape index (κ1) is 20.4. The second kappa shape index (κ2) is 9.75. The average molecular weight is 427 g/mol. The van der Waals surface area contributed by atoms with Crippen molar-refractivity contribution in [2.24, 2.45) is 0 Å². The van der Waals surface area contributed by atoms with Gasteiger partial charge in [-0.05, 0) is 34.4 Å². The fourth-order valence-electron chi connectivity index (χ4n) is 3.78. The number of hydrogen-bond donors (Lipinski definition) is 0. The molecule has 0 saturated carbocycles. The third-order valence-electron chi connectivity index (χ3n) is 5.38. The highest BCUT2D eigenvalue weighted by Crippen LogP contribution is 2.34. The molecule has 5 aromatic rings. The summed E-state index contributed by atoms with van der Waals surface area (Å²) >= 11 is 0. The molecule has 3 heteroatoms. The van der Waals surface area contributed by atoms with Crippen molar-refractivity contribution in [3.63, 3.8) is 0 Å². The molecule has 0 aliphatic rings. The Morgan fingerprint density at radius 3 is 1.45 bits per heavy atom. The van der Waals surface area contributed by atoms with Crippen LogP contribution in [0.3, 0.4) is 0 Å². The van der Waals surface area contributed by atoms with Crippen molar-refractivity contribution in [3.05, 3.63) is 155 Å². The number of rotatable bonds is 6. The van der Waals surface area contributed by atoms with Crippen LogP contribution in [0.2, 0.25) is 0 Å². The standard InChI is InChI=1S/C30H22N2O/c1-5-13-23(14-6-1)21-27(25-17-9-3-10-18-25)29-30(33-32-31-29)28(26-19-11-4-12-20-26)22-24-15-7-2-8-16-24/h1-22H. The second-order valence-electron chi connectivity index (χ2n) is 7.62. The van der Waals surface area contributed by atoms with Gasteiger partial charge in [0.15, 0.2) is 5.76 Å². The summed E-state index contributed by atoms with van der Waals surface area (Å²) < 4.78 is 5.82.